The predicted octanol–water partition coefficient (Wildman–Crippen LogP) is 3.43. The first-order valence-electron chi connectivity index (χ1n) is 8.96. The normalized spacial score (nSPS) is 16.1. The first-order valence-corrected chi connectivity index (χ1v) is 10.7. The molecule has 144 valence electrons. The van der Waals surface area contributed by atoms with E-state index in [2.05, 4.69) is 10.3 Å². The van der Waals surface area contributed by atoms with Gasteiger partial charge in [-0.25, -0.2) is 4.98 Å². The number of nitrogens with zero attached hydrogens (tertiary/aromatic N) is 2. The number of ether oxygens (including phenoxy) is 1. The molecule has 1 unspecified atom stereocenters. The molecule has 1 fully saturated rings. The summed E-state index contributed by atoms with van der Waals surface area (Å²) >= 11 is 2.87. The topological polar surface area (TPSA) is 71.5 Å². The van der Waals surface area contributed by atoms with Crippen LogP contribution in [0.1, 0.15) is 31.3 Å². The van der Waals surface area contributed by atoms with Crippen LogP contribution in [0.3, 0.4) is 0 Å². The zero-order valence-corrected chi connectivity index (χ0v) is 16.7. The second-order valence-electron chi connectivity index (χ2n) is 6.39. The lowest BCUT2D eigenvalue weighted by atomic mass is 10.2. The molecular weight excluding hydrogens is 394 g/mol. The fourth-order valence-electron chi connectivity index (χ4n) is 3.02. The highest BCUT2D eigenvalue weighted by atomic mass is 32.1. The van der Waals surface area contributed by atoms with E-state index in [1.807, 2.05) is 40.6 Å². The number of benzene rings is 1. The van der Waals surface area contributed by atoms with E-state index in [0.29, 0.717) is 35.3 Å². The molecule has 4 rings (SSSR count). The molecule has 1 aliphatic heterocycles. The Morgan fingerprint density at radius 2 is 2.07 bits per heavy atom. The zero-order valence-electron chi connectivity index (χ0n) is 15.0. The number of aromatic nitrogens is 1. The summed E-state index contributed by atoms with van der Waals surface area (Å²) in [7, 11) is 0. The van der Waals surface area contributed by atoms with Gasteiger partial charge in [0.25, 0.3) is 17.0 Å². The van der Waals surface area contributed by atoms with Crippen molar-refractivity contribution in [1.82, 2.24) is 15.2 Å². The second-order valence-corrected chi connectivity index (χ2v) is 8.42. The third-order valence-electron chi connectivity index (χ3n) is 4.44. The zero-order chi connectivity index (χ0) is 19.3. The number of thiazole rings is 1. The van der Waals surface area contributed by atoms with Crippen molar-refractivity contribution in [3.63, 3.8) is 0 Å². The Hall–Kier alpha value is -2.71. The Kier molecular flexibility index (Phi) is 5.68. The van der Waals surface area contributed by atoms with Gasteiger partial charge in [0, 0.05) is 35.0 Å². The molecule has 1 saturated heterocycles. The Labute approximate surface area is 170 Å². The van der Waals surface area contributed by atoms with Gasteiger partial charge in [0.15, 0.2) is 0 Å². The smallest absolute Gasteiger partial charge is 0.273 e. The molecule has 0 bridgehead atoms. The summed E-state index contributed by atoms with van der Waals surface area (Å²) in [5.41, 5.74) is 0.624. The molecule has 1 N–H and O–H groups in total. The molecule has 28 heavy (non-hydrogen) atoms. The Balaban J connectivity index is 1.30. The molecule has 0 spiro atoms. The molecule has 1 aromatic carbocycles. The van der Waals surface area contributed by atoms with E-state index in [4.69, 9.17) is 4.74 Å². The monoisotopic (exact) mass is 413 g/mol. The molecular formula is C20H19N3O3S2. The van der Waals surface area contributed by atoms with Gasteiger partial charge in [-0.15, -0.1) is 11.3 Å². The number of hydrogen-bond acceptors (Lipinski definition) is 6. The fourth-order valence-corrected chi connectivity index (χ4v) is 4.49. The van der Waals surface area contributed by atoms with E-state index in [-0.39, 0.29) is 17.9 Å². The van der Waals surface area contributed by atoms with Gasteiger partial charge in [-0.05, 0) is 24.3 Å². The summed E-state index contributed by atoms with van der Waals surface area (Å²) in [4.78, 5) is 32.5. The van der Waals surface area contributed by atoms with Crippen LogP contribution in [-0.4, -0.2) is 40.9 Å². The molecule has 1 aliphatic rings. The number of carbonyl (C=O) groups is 2. The number of thiophene rings is 1. The van der Waals surface area contributed by atoms with Gasteiger partial charge in [-0.3, -0.25) is 9.59 Å². The molecule has 0 saturated carbocycles. The Bertz CT molecular complexity index is 941. The van der Waals surface area contributed by atoms with Gasteiger partial charge in [0.05, 0.1) is 18.0 Å². The summed E-state index contributed by atoms with van der Waals surface area (Å²) in [6.07, 6.45) is 2.50. The van der Waals surface area contributed by atoms with Gasteiger partial charge < -0.3 is 15.0 Å². The number of nitrogens with one attached hydrogen (secondary N) is 1. The van der Waals surface area contributed by atoms with Crippen molar-refractivity contribution in [2.45, 2.75) is 19.1 Å². The first-order chi connectivity index (χ1) is 13.7. The largest absolute Gasteiger partial charge is 0.465 e. The maximum Gasteiger partial charge on any atom is 0.273 e. The molecule has 2 amide bonds. The maximum atomic E-state index is 12.7. The van der Waals surface area contributed by atoms with Crippen LogP contribution in [0, 0.1) is 0 Å². The van der Waals surface area contributed by atoms with E-state index in [1.165, 1.54) is 22.7 Å². The highest BCUT2D eigenvalue weighted by molar-refractivity contribution is 7.14. The standard InChI is InChI=1S/C20H19N3O3S2/c24-18(14-4-2-1-3-5-14)22-12-16-6-7-17(28-16)19(25)23-10-8-15(13-23)26-20-21-9-11-27-20/h1-7,9,11,15H,8,10,12-13H2,(H,22,24). The number of likely N-dealkylation sites (tertiary alicyclic amines) is 1. The van der Waals surface area contributed by atoms with Crippen LogP contribution >= 0.6 is 22.7 Å². The van der Waals surface area contributed by atoms with Crippen molar-refractivity contribution in [2.24, 2.45) is 0 Å². The van der Waals surface area contributed by atoms with Crippen molar-refractivity contribution >= 4 is 34.5 Å². The third-order valence-corrected chi connectivity index (χ3v) is 6.18. The summed E-state index contributed by atoms with van der Waals surface area (Å²) in [6.45, 7) is 1.64. The number of amides is 2. The number of hydrogen-bond donors (Lipinski definition) is 1. The average molecular weight is 414 g/mol. The number of rotatable bonds is 6. The first kappa shape index (κ1) is 18.6. The molecule has 3 heterocycles. The quantitative estimate of drug-likeness (QED) is 0.672. The predicted molar refractivity (Wildman–Crippen MR) is 109 cm³/mol. The van der Waals surface area contributed by atoms with Crippen molar-refractivity contribution < 1.29 is 14.3 Å². The van der Waals surface area contributed by atoms with E-state index in [9.17, 15) is 9.59 Å². The van der Waals surface area contributed by atoms with Gasteiger partial charge in [0.1, 0.15) is 6.10 Å². The van der Waals surface area contributed by atoms with Crippen LogP contribution in [0.15, 0.2) is 54.0 Å². The SMILES string of the molecule is O=C(NCc1ccc(C(=O)N2CCC(Oc3nccs3)C2)s1)c1ccccc1. The lowest BCUT2D eigenvalue weighted by Crippen LogP contribution is -2.30. The minimum atomic E-state index is -0.122. The van der Waals surface area contributed by atoms with Crippen LogP contribution in [0.25, 0.3) is 0 Å². The molecule has 0 radical (unpaired) electrons. The minimum absolute atomic E-state index is 0.0101. The van der Waals surface area contributed by atoms with Gasteiger partial charge in [-0.2, -0.15) is 0 Å². The van der Waals surface area contributed by atoms with Gasteiger partial charge in [0.2, 0.25) is 0 Å². The average Bonchev–Trinajstić information content (AvgIpc) is 3.49. The van der Waals surface area contributed by atoms with Crippen molar-refractivity contribution in [3.8, 4) is 5.19 Å². The molecule has 1 atom stereocenters. The second kappa shape index (κ2) is 8.53. The van der Waals surface area contributed by atoms with Gasteiger partial charge in [-0.1, -0.05) is 29.5 Å². The molecule has 3 aromatic rings. The summed E-state index contributed by atoms with van der Waals surface area (Å²) < 4.78 is 5.81. The molecule has 6 nitrogen and oxygen atoms in total. The van der Waals surface area contributed by atoms with Crippen LogP contribution in [0.2, 0.25) is 0 Å². The molecule has 8 heteroatoms. The van der Waals surface area contributed by atoms with Crippen molar-refractivity contribution in [2.75, 3.05) is 13.1 Å². The van der Waals surface area contributed by atoms with E-state index >= 15 is 0 Å². The highest BCUT2D eigenvalue weighted by Crippen LogP contribution is 2.24. The van der Waals surface area contributed by atoms with E-state index in [1.54, 1.807) is 18.3 Å². The Morgan fingerprint density at radius 3 is 2.86 bits per heavy atom. The number of carbonyl (C=O) groups excluding carboxylic acids is 2. The van der Waals surface area contributed by atoms with Crippen LogP contribution in [0.4, 0.5) is 0 Å². The Morgan fingerprint density at radius 1 is 1.21 bits per heavy atom. The van der Waals surface area contributed by atoms with Crippen molar-refractivity contribution in [3.05, 3.63) is 69.4 Å². The summed E-state index contributed by atoms with van der Waals surface area (Å²) in [5, 5.41) is 5.41. The summed E-state index contributed by atoms with van der Waals surface area (Å²) in [5.74, 6) is -0.112. The third kappa shape index (κ3) is 4.40. The van der Waals surface area contributed by atoms with Crippen molar-refractivity contribution in [1.29, 1.82) is 0 Å². The maximum absolute atomic E-state index is 12.7. The fraction of sp³-hybridized carbons (Fsp3) is 0.250. The van der Waals surface area contributed by atoms with Crippen LogP contribution in [-0.2, 0) is 6.54 Å². The molecule has 0 aliphatic carbocycles. The van der Waals surface area contributed by atoms with E-state index in [0.717, 1.165) is 11.3 Å². The minimum Gasteiger partial charge on any atom is -0.465 e. The van der Waals surface area contributed by atoms with Crippen LogP contribution in [0.5, 0.6) is 5.19 Å². The summed E-state index contributed by atoms with van der Waals surface area (Å²) in [6, 6.07) is 12.8. The molecule has 2 aromatic heterocycles. The van der Waals surface area contributed by atoms with Crippen LogP contribution < -0.4 is 10.1 Å². The highest BCUT2D eigenvalue weighted by Gasteiger charge is 2.29. The van der Waals surface area contributed by atoms with E-state index < -0.39 is 0 Å². The lowest BCUT2D eigenvalue weighted by molar-refractivity contribution is 0.0777. The van der Waals surface area contributed by atoms with Gasteiger partial charge >= 0.3 is 0 Å². The lowest BCUT2D eigenvalue weighted by Gasteiger charge is -2.15.